The van der Waals surface area contributed by atoms with Gasteiger partial charge in [0.15, 0.2) is 5.69 Å². The molecular weight excluding hydrogens is 170 g/mol. The summed E-state index contributed by atoms with van der Waals surface area (Å²) in [6, 6.07) is 3.58. The Morgan fingerprint density at radius 3 is 3.08 bits per heavy atom. The number of hydrogen-bond donors (Lipinski definition) is 1. The Labute approximate surface area is 73.6 Å². The van der Waals surface area contributed by atoms with E-state index in [0.29, 0.717) is 5.52 Å². The first kappa shape index (κ1) is 7.72. The minimum Gasteiger partial charge on any atom is -0.476 e. The third kappa shape index (κ3) is 1.14. The van der Waals surface area contributed by atoms with Crippen LogP contribution in [0.5, 0.6) is 0 Å². The van der Waals surface area contributed by atoms with Crippen LogP contribution >= 0.6 is 0 Å². The summed E-state index contributed by atoms with van der Waals surface area (Å²) in [7, 11) is 0. The highest BCUT2D eigenvalue weighted by molar-refractivity contribution is 5.93. The second kappa shape index (κ2) is 2.55. The average Bonchev–Trinajstić information content (AvgIpc) is 2.46. The highest BCUT2D eigenvalue weighted by Crippen LogP contribution is 2.09. The minimum absolute atomic E-state index is 0.0105. The zero-order chi connectivity index (χ0) is 9.42. The molecule has 0 spiro atoms. The van der Waals surface area contributed by atoms with E-state index in [1.54, 1.807) is 12.3 Å². The van der Waals surface area contributed by atoms with Crippen LogP contribution in [0.15, 0.2) is 18.3 Å². The van der Waals surface area contributed by atoms with Gasteiger partial charge in [0.2, 0.25) is 0 Å². The summed E-state index contributed by atoms with van der Waals surface area (Å²) in [5.74, 6) is -1.06. The summed E-state index contributed by atoms with van der Waals surface area (Å²) >= 11 is 0. The molecule has 0 fully saturated rings. The van der Waals surface area contributed by atoms with Gasteiger partial charge in [-0.25, -0.2) is 9.31 Å². The summed E-state index contributed by atoms with van der Waals surface area (Å²) < 4.78 is 1.44. The molecule has 2 aromatic heterocycles. The summed E-state index contributed by atoms with van der Waals surface area (Å²) in [4.78, 5) is 10.7. The highest BCUT2D eigenvalue weighted by atomic mass is 16.4. The maximum Gasteiger partial charge on any atom is 0.358 e. The number of hydrogen-bond acceptors (Lipinski definition) is 3. The monoisotopic (exact) mass is 177 g/mol. The van der Waals surface area contributed by atoms with Crippen molar-refractivity contribution in [3.05, 3.63) is 29.6 Å². The van der Waals surface area contributed by atoms with Gasteiger partial charge in [-0.3, -0.25) is 0 Å². The van der Waals surface area contributed by atoms with Gasteiger partial charge in [-0.05, 0) is 24.6 Å². The number of carboxylic acid groups (broad SMARTS) is 1. The molecule has 0 atom stereocenters. The molecule has 0 unspecified atom stereocenters. The largest absolute Gasteiger partial charge is 0.476 e. The van der Waals surface area contributed by atoms with Crippen molar-refractivity contribution < 1.29 is 9.90 Å². The van der Waals surface area contributed by atoms with Crippen molar-refractivity contribution in [3.8, 4) is 0 Å². The maximum absolute atomic E-state index is 10.7. The van der Waals surface area contributed by atoms with Gasteiger partial charge < -0.3 is 5.11 Å². The van der Waals surface area contributed by atoms with E-state index in [1.807, 2.05) is 13.0 Å². The second-order valence-corrected chi connectivity index (χ2v) is 2.78. The molecule has 0 aliphatic rings. The first-order chi connectivity index (χ1) is 6.18. The SMILES string of the molecule is Cc1ccn2nnc(C(=O)O)c2c1. The number of fused-ring (bicyclic) bond motifs is 1. The van der Waals surface area contributed by atoms with Gasteiger partial charge in [0, 0.05) is 6.20 Å². The molecular formula is C8H7N3O2. The Kier molecular flexibility index (Phi) is 1.51. The maximum atomic E-state index is 10.7. The lowest BCUT2D eigenvalue weighted by atomic mass is 10.2. The lowest BCUT2D eigenvalue weighted by molar-refractivity contribution is 0.0692. The molecule has 2 rings (SSSR count). The molecule has 0 bridgehead atoms. The highest BCUT2D eigenvalue weighted by Gasteiger charge is 2.12. The van der Waals surface area contributed by atoms with Gasteiger partial charge in [-0.1, -0.05) is 5.21 Å². The fourth-order valence-electron chi connectivity index (χ4n) is 1.15. The van der Waals surface area contributed by atoms with Crippen LogP contribution in [0.3, 0.4) is 0 Å². The normalized spacial score (nSPS) is 10.5. The van der Waals surface area contributed by atoms with E-state index in [2.05, 4.69) is 10.3 Å². The first-order valence-electron chi connectivity index (χ1n) is 3.73. The van der Waals surface area contributed by atoms with Gasteiger partial charge in [-0.2, -0.15) is 0 Å². The molecule has 5 nitrogen and oxygen atoms in total. The summed E-state index contributed by atoms with van der Waals surface area (Å²) in [6.45, 7) is 1.89. The van der Waals surface area contributed by atoms with Crippen molar-refractivity contribution in [2.75, 3.05) is 0 Å². The van der Waals surface area contributed by atoms with Crippen molar-refractivity contribution >= 4 is 11.5 Å². The van der Waals surface area contributed by atoms with Gasteiger partial charge >= 0.3 is 5.97 Å². The molecule has 13 heavy (non-hydrogen) atoms. The molecule has 0 aliphatic carbocycles. The summed E-state index contributed by atoms with van der Waals surface area (Å²) in [6.07, 6.45) is 1.68. The molecule has 0 aliphatic heterocycles. The average molecular weight is 177 g/mol. The Hall–Kier alpha value is -1.91. The number of carboxylic acids is 1. The quantitative estimate of drug-likeness (QED) is 0.697. The molecule has 0 amide bonds. The molecule has 0 radical (unpaired) electrons. The smallest absolute Gasteiger partial charge is 0.358 e. The minimum atomic E-state index is -1.06. The Balaban J connectivity index is 2.79. The lowest BCUT2D eigenvalue weighted by Gasteiger charge is -1.93. The molecule has 1 N–H and O–H groups in total. The van der Waals surface area contributed by atoms with Gasteiger partial charge in [-0.15, -0.1) is 5.10 Å². The van der Waals surface area contributed by atoms with Gasteiger partial charge in [0.1, 0.15) is 5.52 Å². The molecule has 0 saturated heterocycles. The van der Waals surface area contributed by atoms with Crippen LogP contribution in [0.25, 0.3) is 5.52 Å². The molecule has 0 aromatic carbocycles. The van der Waals surface area contributed by atoms with Crippen LogP contribution in [-0.4, -0.2) is 25.9 Å². The van der Waals surface area contributed by atoms with Crippen LogP contribution in [0, 0.1) is 6.92 Å². The predicted molar refractivity (Wildman–Crippen MR) is 44.7 cm³/mol. The van der Waals surface area contributed by atoms with E-state index in [1.165, 1.54) is 4.52 Å². The molecule has 2 aromatic rings. The molecule has 66 valence electrons. The summed E-state index contributed by atoms with van der Waals surface area (Å²) in [5, 5.41) is 16.0. The third-order valence-corrected chi connectivity index (χ3v) is 1.78. The van der Waals surface area contributed by atoms with E-state index in [-0.39, 0.29) is 5.69 Å². The molecule has 2 heterocycles. The van der Waals surface area contributed by atoms with E-state index in [4.69, 9.17) is 5.11 Å². The Morgan fingerprint density at radius 1 is 1.62 bits per heavy atom. The van der Waals surface area contributed by atoms with Crippen LogP contribution < -0.4 is 0 Å². The topological polar surface area (TPSA) is 67.5 Å². The van der Waals surface area contributed by atoms with Crippen molar-refractivity contribution in [1.82, 2.24) is 14.8 Å². The van der Waals surface area contributed by atoms with Crippen molar-refractivity contribution in [1.29, 1.82) is 0 Å². The fourth-order valence-corrected chi connectivity index (χ4v) is 1.15. The van der Waals surface area contributed by atoms with Gasteiger partial charge in [0.25, 0.3) is 0 Å². The van der Waals surface area contributed by atoms with Crippen LogP contribution in [-0.2, 0) is 0 Å². The second-order valence-electron chi connectivity index (χ2n) is 2.78. The number of nitrogens with zero attached hydrogens (tertiary/aromatic N) is 3. The lowest BCUT2D eigenvalue weighted by Crippen LogP contribution is -1.97. The van der Waals surface area contributed by atoms with E-state index in [0.717, 1.165) is 5.56 Å². The van der Waals surface area contributed by atoms with E-state index < -0.39 is 5.97 Å². The van der Waals surface area contributed by atoms with Gasteiger partial charge in [0.05, 0.1) is 0 Å². The number of rotatable bonds is 1. The number of aromatic nitrogens is 3. The zero-order valence-electron chi connectivity index (χ0n) is 6.93. The van der Waals surface area contributed by atoms with Crippen molar-refractivity contribution in [2.45, 2.75) is 6.92 Å². The Bertz CT molecular complexity index is 475. The van der Waals surface area contributed by atoms with E-state index >= 15 is 0 Å². The van der Waals surface area contributed by atoms with Crippen molar-refractivity contribution in [3.63, 3.8) is 0 Å². The number of carbonyl (C=O) groups is 1. The standard InChI is InChI=1S/C8H7N3O2/c1-5-2-3-11-6(4-5)7(8(12)13)9-10-11/h2-4H,1H3,(H,12,13). The molecule has 0 saturated carbocycles. The zero-order valence-corrected chi connectivity index (χ0v) is 6.93. The fraction of sp³-hybridized carbons (Fsp3) is 0.125. The first-order valence-corrected chi connectivity index (χ1v) is 3.73. The Morgan fingerprint density at radius 2 is 2.38 bits per heavy atom. The molecule has 5 heteroatoms. The number of aryl methyl sites for hydroxylation is 1. The van der Waals surface area contributed by atoms with Crippen LogP contribution in [0.2, 0.25) is 0 Å². The van der Waals surface area contributed by atoms with Crippen LogP contribution in [0.4, 0.5) is 0 Å². The van der Waals surface area contributed by atoms with Crippen LogP contribution in [0.1, 0.15) is 16.1 Å². The number of aromatic carboxylic acids is 1. The summed E-state index contributed by atoms with van der Waals surface area (Å²) in [5.41, 5.74) is 1.49. The van der Waals surface area contributed by atoms with E-state index in [9.17, 15) is 4.79 Å². The van der Waals surface area contributed by atoms with Crippen molar-refractivity contribution in [2.24, 2.45) is 0 Å². The number of pyridine rings is 1. The third-order valence-electron chi connectivity index (χ3n) is 1.78. The predicted octanol–water partition coefficient (Wildman–Crippen LogP) is 0.736.